The van der Waals surface area contributed by atoms with Crippen LogP contribution in [0.4, 0.5) is 0 Å². The van der Waals surface area contributed by atoms with Crippen LogP contribution in [0.1, 0.15) is 19.8 Å². The van der Waals surface area contributed by atoms with Crippen molar-refractivity contribution in [3.63, 3.8) is 0 Å². The number of ether oxygens (including phenoxy) is 1. The molecule has 2 heteroatoms. The fourth-order valence-electron chi connectivity index (χ4n) is 1.86. The molecule has 0 aromatic rings. The predicted octanol–water partition coefficient (Wildman–Crippen LogP) is 1.60. The molecule has 0 aromatic carbocycles. The third-order valence-electron chi connectivity index (χ3n) is 2.69. The highest BCUT2D eigenvalue weighted by Crippen LogP contribution is 2.28. The first-order valence-corrected chi connectivity index (χ1v) is 4.68. The van der Waals surface area contributed by atoms with Crippen LogP contribution < -0.4 is 0 Å². The van der Waals surface area contributed by atoms with Gasteiger partial charge in [0.2, 0.25) is 0 Å². The lowest BCUT2D eigenvalue weighted by atomic mass is 9.89. The van der Waals surface area contributed by atoms with Gasteiger partial charge in [-0.2, -0.15) is 0 Å². The summed E-state index contributed by atoms with van der Waals surface area (Å²) in [5.74, 6) is 0.734. The van der Waals surface area contributed by atoms with E-state index in [-0.39, 0.29) is 12.7 Å². The van der Waals surface area contributed by atoms with Gasteiger partial charge in [0.05, 0.1) is 6.10 Å². The second kappa shape index (κ2) is 4.63. The maximum Gasteiger partial charge on any atom is 0.0688 e. The van der Waals surface area contributed by atoms with E-state index in [1.54, 1.807) is 0 Å². The first kappa shape index (κ1) is 9.75. The van der Waals surface area contributed by atoms with E-state index < -0.39 is 0 Å². The third-order valence-corrected chi connectivity index (χ3v) is 2.69. The van der Waals surface area contributed by atoms with Gasteiger partial charge in [0.15, 0.2) is 0 Å². The van der Waals surface area contributed by atoms with Gasteiger partial charge in [-0.15, -0.1) is 6.58 Å². The van der Waals surface area contributed by atoms with E-state index in [0.717, 1.165) is 19.4 Å². The van der Waals surface area contributed by atoms with Crippen LogP contribution >= 0.6 is 0 Å². The molecule has 1 unspecified atom stereocenters. The van der Waals surface area contributed by atoms with Crippen molar-refractivity contribution in [2.24, 2.45) is 11.8 Å². The zero-order valence-corrected chi connectivity index (χ0v) is 7.70. The molecule has 12 heavy (non-hydrogen) atoms. The van der Waals surface area contributed by atoms with Gasteiger partial charge in [-0.05, 0) is 12.8 Å². The molecular formula is C10H18O2. The Kier molecular flexibility index (Phi) is 3.76. The van der Waals surface area contributed by atoms with Crippen LogP contribution in [0.3, 0.4) is 0 Å². The van der Waals surface area contributed by atoms with Crippen molar-refractivity contribution >= 4 is 0 Å². The minimum atomic E-state index is 0.206. The van der Waals surface area contributed by atoms with Crippen molar-refractivity contribution in [1.29, 1.82) is 0 Å². The van der Waals surface area contributed by atoms with Gasteiger partial charge in [0.25, 0.3) is 0 Å². The Morgan fingerprint density at radius 3 is 3.00 bits per heavy atom. The van der Waals surface area contributed by atoms with E-state index in [9.17, 15) is 0 Å². The molecule has 1 aliphatic rings. The van der Waals surface area contributed by atoms with E-state index in [4.69, 9.17) is 9.84 Å². The zero-order valence-electron chi connectivity index (χ0n) is 7.70. The van der Waals surface area contributed by atoms with E-state index >= 15 is 0 Å². The van der Waals surface area contributed by atoms with Crippen LogP contribution in [-0.2, 0) is 4.74 Å². The highest BCUT2D eigenvalue weighted by atomic mass is 16.5. The van der Waals surface area contributed by atoms with Gasteiger partial charge in [-0.25, -0.2) is 0 Å². The molecule has 0 aromatic heterocycles. The average molecular weight is 170 g/mol. The lowest BCUT2D eigenvalue weighted by Crippen LogP contribution is -2.26. The molecule has 1 N–H and O–H groups in total. The molecule has 0 spiro atoms. The molecule has 1 saturated heterocycles. The average Bonchev–Trinajstić information content (AvgIpc) is 2.55. The van der Waals surface area contributed by atoms with E-state index in [1.807, 2.05) is 6.08 Å². The van der Waals surface area contributed by atoms with Gasteiger partial charge < -0.3 is 9.84 Å². The Hall–Kier alpha value is -0.340. The van der Waals surface area contributed by atoms with Gasteiger partial charge in [-0.1, -0.05) is 13.0 Å². The maximum atomic E-state index is 9.06. The summed E-state index contributed by atoms with van der Waals surface area (Å²) in [6.45, 7) is 6.95. The summed E-state index contributed by atoms with van der Waals surface area (Å²) in [5.41, 5.74) is 0. The predicted molar refractivity (Wildman–Crippen MR) is 48.9 cm³/mol. The summed E-state index contributed by atoms with van der Waals surface area (Å²) in [5, 5.41) is 9.06. The van der Waals surface area contributed by atoms with Crippen LogP contribution in [0.5, 0.6) is 0 Å². The summed E-state index contributed by atoms with van der Waals surface area (Å²) in [6, 6.07) is 0. The van der Waals surface area contributed by atoms with Crippen molar-refractivity contribution < 1.29 is 9.84 Å². The summed E-state index contributed by atoms with van der Waals surface area (Å²) in [4.78, 5) is 0. The number of hydrogen-bond acceptors (Lipinski definition) is 2. The Bertz CT molecular complexity index is 145. The van der Waals surface area contributed by atoms with Gasteiger partial charge in [0, 0.05) is 25.0 Å². The monoisotopic (exact) mass is 170 g/mol. The smallest absolute Gasteiger partial charge is 0.0688 e. The number of rotatable bonds is 4. The van der Waals surface area contributed by atoms with Crippen LogP contribution in [0.2, 0.25) is 0 Å². The van der Waals surface area contributed by atoms with Crippen molar-refractivity contribution in [3.05, 3.63) is 12.7 Å². The van der Waals surface area contributed by atoms with E-state index in [1.165, 1.54) is 0 Å². The quantitative estimate of drug-likeness (QED) is 0.649. The Labute approximate surface area is 74.2 Å². The first-order valence-electron chi connectivity index (χ1n) is 4.68. The molecule has 1 rings (SSSR count). The van der Waals surface area contributed by atoms with Crippen molar-refractivity contribution in [2.75, 3.05) is 13.2 Å². The van der Waals surface area contributed by atoms with Crippen molar-refractivity contribution in [3.8, 4) is 0 Å². The van der Waals surface area contributed by atoms with Crippen LogP contribution in [0.15, 0.2) is 12.7 Å². The van der Waals surface area contributed by atoms with Gasteiger partial charge in [0.1, 0.15) is 0 Å². The summed E-state index contributed by atoms with van der Waals surface area (Å²) < 4.78 is 5.57. The fraction of sp³-hybridized carbons (Fsp3) is 0.800. The maximum absolute atomic E-state index is 9.06. The molecule has 1 fully saturated rings. The van der Waals surface area contributed by atoms with Crippen molar-refractivity contribution in [1.82, 2.24) is 0 Å². The largest absolute Gasteiger partial charge is 0.396 e. The fourth-order valence-corrected chi connectivity index (χ4v) is 1.86. The second-order valence-electron chi connectivity index (χ2n) is 3.37. The highest BCUT2D eigenvalue weighted by Gasteiger charge is 2.31. The molecule has 0 bridgehead atoms. The molecule has 2 nitrogen and oxygen atoms in total. The Morgan fingerprint density at radius 1 is 1.75 bits per heavy atom. The van der Waals surface area contributed by atoms with Crippen LogP contribution in [-0.4, -0.2) is 24.4 Å². The van der Waals surface area contributed by atoms with Crippen LogP contribution in [0, 0.1) is 11.8 Å². The molecule has 70 valence electrons. The molecule has 0 saturated carbocycles. The molecule has 1 heterocycles. The zero-order chi connectivity index (χ0) is 8.97. The number of aliphatic hydroxyl groups is 1. The lowest BCUT2D eigenvalue weighted by Gasteiger charge is -2.22. The number of hydrogen-bond donors (Lipinski definition) is 1. The first-order chi connectivity index (χ1) is 5.83. The normalized spacial score (nSPS) is 31.8. The summed E-state index contributed by atoms with van der Waals surface area (Å²) >= 11 is 0. The van der Waals surface area contributed by atoms with Gasteiger partial charge >= 0.3 is 0 Å². The molecule has 0 amide bonds. The van der Waals surface area contributed by atoms with Gasteiger partial charge in [-0.3, -0.25) is 0 Å². The van der Waals surface area contributed by atoms with E-state index in [0.29, 0.717) is 11.8 Å². The Balaban J connectivity index is 2.52. The molecule has 0 aliphatic carbocycles. The number of aliphatic hydroxyl groups excluding tert-OH is 1. The second-order valence-corrected chi connectivity index (χ2v) is 3.37. The standard InChI is InChI=1S/C10H18O2/c1-3-8(4-2)10-9(7-11)5-6-12-10/h3,8-11H,1,4-7H2,2H3/t8?,9-,10-/m0/s1. The lowest BCUT2D eigenvalue weighted by molar-refractivity contribution is 0.0408. The molecule has 0 radical (unpaired) electrons. The Morgan fingerprint density at radius 2 is 2.50 bits per heavy atom. The molecule has 1 aliphatic heterocycles. The SMILES string of the molecule is C=CC(CC)[C@@H]1OCC[C@H]1CO. The van der Waals surface area contributed by atoms with Crippen LogP contribution in [0.25, 0.3) is 0 Å². The minimum Gasteiger partial charge on any atom is -0.396 e. The summed E-state index contributed by atoms with van der Waals surface area (Å²) in [7, 11) is 0. The molecular weight excluding hydrogens is 152 g/mol. The minimum absolute atomic E-state index is 0.206. The van der Waals surface area contributed by atoms with E-state index in [2.05, 4.69) is 13.5 Å². The van der Waals surface area contributed by atoms with Crippen molar-refractivity contribution in [2.45, 2.75) is 25.9 Å². The third kappa shape index (κ3) is 1.87. The topological polar surface area (TPSA) is 29.5 Å². The molecule has 3 atom stereocenters. The highest BCUT2D eigenvalue weighted by molar-refractivity contribution is 4.90. The summed E-state index contributed by atoms with van der Waals surface area (Å²) in [6.07, 6.45) is 4.19.